The Bertz CT molecular complexity index is 1340. The Labute approximate surface area is 190 Å². The molecule has 0 spiro atoms. The van der Waals surface area contributed by atoms with Crippen molar-refractivity contribution < 1.29 is 37.2 Å². The largest absolute Gasteiger partial charge is 0.493 e. The van der Waals surface area contributed by atoms with E-state index in [9.17, 15) is 32.9 Å². The first kappa shape index (κ1) is 22.7. The normalized spacial score (nSPS) is 13.0. The molecule has 0 saturated heterocycles. The molecule has 0 atom stereocenters. The van der Waals surface area contributed by atoms with Gasteiger partial charge in [0.1, 0.15) is 0 Å². The van der Waals surface area contributed by atoms with E-state index < -0.39 is 39.7 Å². The van der Waals surface area contributed by atoms with E-state index in [4.69, 9.17) is 9.47 Å². The van der Waals surface area contributed by atoms with Crippen molar-refractivity contribution in [2.45, 2.75) is 6.18 Å². The monoisotopic (exact) mass is 469 g/mol. The van der Waals surface area contributed by atoms with Gasteiger partial charge in [-0.25, -0.2) is 0 Å². The van der Waals surface area contributed by atoms with Crippen molar-refractivity contribution in [3.8, 4) is 17.2 Å². The number of benzene rings is 3. The van der Waals surface area contributed by atoms with Crippen LogP contribution in [0, 0.1) is 10.1 Å². The van der Waals surface area contributed by atoms with Crippen molar-refractivity contribution in [1.82, 2.24) is 0 Å². The topological polar surface area (TPSA) is 95.7 Å². The molecule has 3 aromatic rings. The van der Waals surface area contributed by atoms with Crippen molar-refractivity contribution in [2.24, 2.45) is 0 Å². The minimum atomic E-state index is -4.76. The van der Waals surface area contributed by atoms with E-state index in [1.807, 2.05) is 0 Å². The minimum absolute atomic E-state index is 0.0140. The van der Waals surface area contributed by atoms with Gasteiger partial charge in [0, 0.05) is 17.2 Å². The highest BCUT2D eigenvalue weighted by Gasteiger charge is 2.34. The Morgan fingerprint density at radius 3 is 2.06 bits per heavy atom. The third-order valence-electron chi connectivity index (χ3n) is 5.11. The number of hydrogen-bond acceptors (Lipinski definition) is 6. The smallest absolute Gasteiger partial charge is 0.416 e. The van der Waals surface area contributed by atoms with Crippen LogP contribution in [0.1, 0.15) is 31.8 Å². The van der Waals surface area contributed by atoms with Gasteiger partial charge in [-0.1, -0.05) is 30.3 Å². The lowest BCUT2D eigenvalue weighted by Crippen LogP contribution is -2.06. The van der Waals surface area contributed by atoms with E-state index in [1.54, 1.807) is 24.3 Å². The number of nitro benzene ring substituents is 1. The molecule has 7 nitrogen and oxygen atoms in total. The number of methoxy groups -OCH3 is 1. The number of carbonyl (C=O) groups is 2. The predicted octanol–water partition coefficient (Wildman–Crippen LogP) is 5.88. The predicted molar refractivity (Wildman–Crippen MR) is 114 cm³/mol. The van der Waals surface area contributed by atoms with Crippen LogP contribution in [-0.4, -0.2) is 23.6 Å². The fourth-order valence-corrected chi connectivity index (χ4v) is 3.47. The average Bonchev–Trinajstić information content (AvgIpc) is 3.04. The molecule has 0 radical (unpaired) electrons. The molecule has 1 aliphatic carbocycles. The third kappa shape index (κ3) is 4.13. The maximum absolute atomic E-state index is 12.9. The number of fused-ring (bicyclic) bond motifs is 1. The fourth-order valence-electron chi connectivity index (χ4n) is 3.47. The number of Topliss-reactive ketones (excluding diaryl/α,β-unsaturated/α-hetero) is 2. The molecule has 0 unspecified atom stereocenters. The number of ether oxygens (including phenoxy) is 2. The quantitative estimate of drug-likeness (QED) is 0.201. The van der Waals surface area contributed by atoms with E-state index in [-0.39, 0.29) is 17.1 Å². The van der Waals surface area contributed by atoms with Crippen LogP contribution in [0.2, 0.25) is 0 Å². The number of carbonyl (C=O) groups excluding carboxylic acids is 2. The number of ketones is 2. The van der Waals surface area contributed by atoms with Crippen molar-refractivity contribution in [1.29, 1.82) is 0 Å². The van der Waals surface area contributed by atoms with Crippen molar-refractivity contribution in [3.63, 3.8) is 0 Å². The highest BCUT2D eigenvalue weighted by molar-refractivity contribution is 6.41. The minimum Gasteiger partial charge on any atom is -0.493 e. The first-order chi connectivity index (χ1) is 16.1. The van der Waals surface area contributed by atoms with E-state index in [2.05, 4.69) is 0 Å². The third-order valence-corrected chi connectivity index (χ3v) is 5.11. The van der Waals surface area contributed by atoms with Gasteiger partial charge in [-0.15, -0.1) is 0 Å². The highest BCUT2D eigenvalue weighted by Crippen LogP contribution is 2.40. The van der Waals surface area contributed by atoms with Gasteiger partial charge in [-0.05, 0) is 35.9 Å². The van der Waals surface area contributed by atoms with Gasteiger partial charge in [0.05, 0.1) is 23.2 Å². The Hall–Kier alpha value is -4.47. The maximum Gasteiger partial charge on any atom is 0.416 e. The summed E-state index contributed by atoms with van der Waals surface area (Å²) in [6.07, 6.45) is -3.37. The van der Waals surface area contributed by atoms with Crippen LogP contribution < -0.4 is 9.47 Å². The van der Waals surface area contributed by atoms with Gasteiger partial charge in [0.25, 0.3) is 0 Å². The van der Waals surface area contributed by atoms with Gasteiger partial charge in [-0.3, -0.25) is 19.7 Å². The zero-order chi connectivity index (χ0) is 24.6. The number of hydrogen-bond donors (Lipinski definition) is 0. The van der Waals surface area contributed by atoms with Crippen LogP contribution in [0.4, 0.5) is 18.9 Å². The summed E-state index contributed by atoms with van der Waals surface area (Å²) < 4.78 is 49.5. The number of halogens is 3. The number of allylic oxidation sites excluding steroid dienone is 1. The van der Waals surface area contributed by atoms with Crippen LogP contribution in [0.25, 0.3) is 6.08 Å². The molecule has 10 heteroatoms. The molecule has 0 heterocycles. The summed E-state index contributed by atoms with van der Waals surface area (Å²) in [6, 6.07) is 12.6. The average molecular weight is 469 g/mol. The lowest BCUT2D eigenvalue weighted by atomic mass is 10.1. The first-order valence-corrected chi connectivity index (χ1v) is 9.72. The molecule has 0 N–H and O–H groups in total. The summed E-state index contributed by atoms with van der Waals surface area (Å²) in [5, 5.41) is 11.3. The van der Waals surface area contributed by atoms with Crippen LogP contribution in [0.5, 0.6) is 17.2 Å². The van der Waals surface area contributed by atoms with Gasteiger partial charge in [0.2, 0.25) is 5.75 Å². The summed E-state index contributed by atoms with van der Waals surface area (Å²) in [6.45, 7) is 0. The summed E-state index contributed by atoms with van der Waals surface area (Å²) in [5.74, 6) is -1.18. The molecule has 0 aromatic heterocycles. The Balaban J connectivity index is 1.67. The molecule has 34 heavy (non-hydrogen) atoms. The molecular formula is C24H14F3NO6. The van der Waals surface area contributed by atoms with Crippen molar-refractivity contribution in [2.75, 3.05) is 7.11 Å². The summed E-state index contributed by atoms with van der Waals surface area (Å²) in [4.78, 5) is 35.5. The molecule has 0 fully saturated rings. The lowest BCUT2D eigenvalue weighted by molar-refractivity contribution is -0.385. The number of rotatable bonds is 5. The standard InChI is InChI=1S/C24H14F3NO6/c1-33-21-11-13(10-17-22(29)15-4-2-3-5-16(15)23(17)30)6-8-20(21)34-19-9-7-14(24(25,26)27)12-18(19)28(31)32/h2-12H,1H3. The van der Waals surface area contributed by atoms with E-state index in [0.717, 1.165) is 6.07 Å². The van der Waals surface area contributed by atoms with E-state index in [0.29, 0.717) is 28.8 Å². The molecule has 4 rings (SSSR count). The van der Waals surface area contributed by atoms with Crippen LogP contribution in [0.15, 0.2) is 66.2 Å². The first-order valence-electron chi connectivity index (χ1n) is 9.72. The highest BCUT2D eigenvalue weighted by atomic mass is 19.4. The van der Waals surface area contributed by atoms with Crippen LogP contribution in [-0.2, 0) is 6.18 Å². The van der Waals surface area contributed by atoms with Gasteiger partial charge < -0.3 is 9.47 Å². The fraction of sp³-hybridized carbons (Fsp3) is 0.0833. The molecular weight excluding hydrogens is 455 g/mol. The van der Waals surface area contributed by atoms with Crippen molar-refractivity contribution in [3.05, 3.63) is 98.6 Å². The Morgan fingerprint density at radius 1 is 0.882 bits per heavy atom. The van der Waals surface area contributed by atoms with E-state index in [1.165, 1.54) is 31.4 Å². The zero-order valence-corrected chi connectivity index (χ0v) is 17.4. The second-order valence-corrected chi connectivity index (χ2v) is 7.21. The van der Waals surface area contributed by atoms with Gasteiger partial charge >= 0.3 is 11.9 Å². The number of nitro groups is 1. The Kier molecular flexibility index (Phi) is 5.66. The van der Waals surface area contributed by atoms with Gasteiger partial charge in [0.15, 0.2) is 23.1 Å². The molecule has 0 amide bonds. The van der Waals surface area contributed by atoms with Gasteiger partial charge in [-0.2, -0.15) is 13.2 Å². The van der Waals surface area contributed by atoms with Crippen LogP contribution >= 0.6 is 0 Å². The molecule has 1 aliphatic rings. The van der Waals surface area contributed by atoms with Crippen LogP contribution in [0.3, 0.4) is 0 Å². The molecule has 172 valence electrons. The summed E-state index contributed by atoms with van der Waals surface area (Å²) >= 11 is 0. The molecule has 0 saturated carbocycles. The lowest BCUT2D eigenvalue weighted by Gasteiger charge is -2.13. The second kappa shape index (κ2) is 8.47. The summed E-state index contributed by atoms with van der Waals surface area (Å²) in [5.41, 5.74) is -1.07. The molecule has 0 bridgehead atoms. The Morgan fingerprint density at radius 2 is 1.50 bits per heavy atom. The van der Waals surface area contributed by atoms with E-state index >= 15 is 0 Å². The van der Waals surface area contributed by atoms with Crippen molar-refractivity contribution >= 4 is 23.3 Å². The zero-order valence-electron chi connectivity index (χ0n) is 17.4. The summed E-state index contributed by atoms with van der Waals surface area (Å²) in [7, 11) is 1.29. The number of nitrogens with zero attached hydrogens (tertiary/aromatic N) is 1. The number of alkyl halides is 3. The second-order valence-electron chi connectivity index (χ2n) is 7.21. The maximum atomic E-state index is 12.9. The SMILES string of the molecule is COc1cc(C=C2C(=O)c3ccccc3C2=O)ccc1Oc1ccc(C(F)(F)F)cc1[N+](=O)[O-]. The molecule has 3 aromatic carbocycles. The molecule has 0 aliphatic heterocycles.